The summed E-state index contributed by atoms with van der Waals surface area (Å²) < 4.78 is 18.7. The molecule has 0 heterocycles. The van der Waals surface area contributed by atoms with E-state index in [9.17, 15) is 4.39 Å². The number of rotatable bonds is 7. The first-order valence-corrected chi connectivity index (χ1v) is 6.58. The first-order chi connectivity index (χ1) is 8.52. The van der Waals surface area contributed by atoms with Crippen LogP contribution in [0.1, 0.15) is 39.2 Å². The average molecular weight is 253 g/mol. The van der Waals surface area contributed by atoms with E-state index < -0.39 is 0 Å². The Balaban J connectivity index is 2.43. The predicted molar refractivity (Wildman–Crippen MR) is 73.3 cm³/mol. The van der Waals surface area contributed by atoms with E-state index in [0.717, 1.165) is 6.42 Å². The minimum absolute atomic E-state index is 0.210. The quantitative estimate of drug-likeness (QED) is 0.799. The normalized spacial score (nSPS) is 12.8. The van der Waals surface area contributed by atoms with Crippen LogP contribution >= 0.6 is 0 Å². The van der Waals surface area contributed by atoms with Crippen molar-refractivity contribution in [2.75, 3.05) is 7.11 Å². The average Bonchev–Trinajstić information content (AvgIpc) is 2.34. The molecule has 0 aliphatic heterocycles. The first-order valence-electron chi connectivity index (χ1n) is 6.58. The lowest BCUT2D eigenvalue weighted by Crippen LogP contribution is -2.26. The number of hydrogen-bond acceptors (Lipinski definition) is 2. The van der Waals surface area contributed by atoms with Gasteiger partial charge in [-0.2, -0.15) is 0 Å². The van der Waals surface area contributed by atoms with E-state index in [1.54, 1.807) is 19.2 Å². The molecule has 3 heteroatoms. The molecule has 0 saturated heterocycles. The Morgan fingerprint density at radius 3 is 2.50 bits per heavy atom. The number of benzene rings is 1. The van der Waals surface area contributed by atoms with Crippen LogP contribution in [0.4, 0.5) is 4.39 Å². The molecule has 1 unspecified atom stereocenters. The van der Waals surface area contributed by atoms with E-state index >= 15 is 0 Å². The van der Waals surface area contributed by atoms with Crippen LogP contribution in [0.5, 0.6) is 5.75 Å². The smallest absolute Gasteiger partial charge is 0.131 e. The summed E-state index contributed by atoms with van der Waals surface area (Å²) in [6.07, 6.45) is 2.31. The van der Waals surface area contributed by atoms with Crippen LogP contribution in [0, 0.1) is 11.7 Å². The highest BCUT2D eigenvalue weighted by molar-refractivity contribution is 5.28. The van der Waals surface area contributed by atoms with E-state index in [1.165, 1.54) is 12.5 Å². The zero-order valence-electron chi connectivity index (χ0n) is 11.8. The fourth-order valence-electron chi connectivity index (χ4n) is 1.77. The summed E-state index contributed by atoms with van der Waals surface area (Å²) in [5.41, 5.74) is 0.687. The monoisotopic (exact) mass is 253 g/mol. The van der Waals surface area contributed by atoms with Gasteiger partial charge >= 0.3 is 0 Å². The number of hydrogen-bond donors (Lipinski definition) is 1. The van der Waals surface area contributed by atoms with Crippen LogP contribution in [0.2, 0.25) is 0 Å². The van der Waals surface area contributed by atoms with Gasteiger partial charge in [-0.1, -0.05) is 19.9 Å². The third-order valence-corrected chi connectivity index (χ3v) is 3.08. The molecule has 0 bridgehead atoms. The summed E-state index contributed by atoms with van der Waals surface area (Å²) in [6.45, 7) is 7.14. The Hall–Kier alpha value is -1.09. The molecule has 0 amide bonds. The van der Waals surface area contributed by atoms with Crippen molar-refractivity contribution in [3.63, 3.8) is 0 Å². The van der Waals surface area contributed by atoms with E-state index in [0.29, 0.717) is 29.8 Å². The van der Waals surface area contributed by atoms with E-state index in [1.807, 2.05) is 0 Å². The summed E-state index contributed by atoms with van der Waals surface area (Å²) in [7, 11) is 1.54. The highest BCUT2D eigenvalue weighted by atomic mass is 19.1. The van der Waals surface area contributed by atoms with Crippen molar-refractivity contribution in [2.24, 2.45) is 5.92 Å². The third-order valence-electron chi connectivity index (χ3n) is 3.08. The molecule has 2 nitrogen and oxygen atoms in total. The largest absolute Gasteiger partial charge is 0.497 e. The second kappa shape index (κ2) is 7.37. The van der Waals surface area contributed by atoms with Crippen LogP contribution < -0.4 is 10.1 Å². The summed E-state index contributed by atoms with van der Waals surface area (Å²) in [5.74, 6) is 1.06. The lowest BCUT2D eigenvalue weighted by Gasteiger charge is -2.15. The molecule has 0 saturated carbocycles. The van der Waals surface area contributed by atoms with Crippen molar-refractivity contribution in [1.29, 1.82) is 0 Å². The predicted octanol–water partition coefficient (Wildman–Crippen LogP) is 3.75. The molecule has 0 aliphatic carbocycles. The molecule has 0 fully saturated rings. The van der Waals surface area contributed by atoms with Gasteiger partial charge in [-0.3, -0.25) is 0 Å². The first kappa shape index (κ1) is 15.0. The van der Waals surface area contributed by atoms with Gasteiger partial charge in [0.2, 0.25) is 0 Å². The van der Waals surface area contributed by atoms with Gasteiger partial charge in [0.25, 0.3) is 0 Å². The van der Waals surface area contributed by atoms with Crippen molar-refractivity contribution < 1.29 is 9.13 Å². The van der Waals surface area contributed by atoms with Gasteiger partial charge in [-0.15, -0.1) is 0 Å². The number of nitrogens with one attached hydrogen (secondary N) is 1. The molecule has 1 aromatic rings. The summed E-state index contributed by atoms with van der Waals surface area (Å²) in [5, 5.41) is 3.35. The van der Waals surface area contributed by atoms with Crippen molar-refractivity contribution in [2.45, 2.75) is 46.2 Å². The SMILES string of the molecule is COc1ccc(CNC(C)CCC(C)C)c(F)c1. The van der Waals surface area contributed by atoms with Gasteiger partial charge in [0.1, 0.15) is 11.6 Å². The molecule has 1 aromatic carbocycles. The summed E-state index contributed by atoms with van der Waals surface area (Å²) in [6, 6.07) is 5.40. The highest BCUT2D eigenvalue weighted by Crippen LogP contribution is 2.16. The summed E-state index contributed by atoms with van der Waals surface area (Å²) >= 11 is 0. The Bertz CT molecular complexity index is 366. The third kappa shape index (κ3) is 5.05. The minimum atomic E-state index is -0.210. The maximum atomic E-state index is 13.7. The van der Waals surface area contributed by atoms with Crippen LogP contribution in [-0.4, -0.2) is 13.2 Å². The van der Waals surface area contributed by atoms with Crippen molar-refractivity contribution in [1.82, 2.24) is 5.32 Å². The maximum absolute atomic E-state index is 13.7. The summed E-state index contributed by atoms with van der Waals surface area (Å²) in [4.78, 5) is 0. The lowest BCUT2D eigenvalue weighted by atomic mass is 10.0. The van der Waals surface area contributed by atoms with Gasteiger partial charge in [-0.05, 0) is 31.7 Å². The topological polar surface area (TPSA) is 21.3 Å². The van der Waals surface area contributed by atoms with Crippen molar-refractivity contribution in [3.8, 4) is 5.75 Å². The fraction of sp³-hybridized carbons (Fsp3) is 0.600. The Labute approximate surface area is 110 Å². The lowest BCUT2D eigenvalue weighted by molar-refractivity contribution is 0.409. The molecular formula is C15H24FNO. The molecule has 0 aliphatic rings. The Morgan fingerprint density at radius 1 is 1.22 bits per heavy atom. The van der Waals surface area contributed by atoms with Gasteiger partial charge in [0, 0.05) is 24.2 Å². The van der Waals surface area contributed by atoms with Crippen molar-refractivity contribution >= 4 is 0 Å². The number of halogens is 1. The van der Waals surface area contributed by atoms with Crippen LogP contribution in [0.15, 0.2) is 18.2 Å². The molecule has 0 radical (unpaired) electrons. The number of methoxy groups -OCH3 is 1. The van der Waals surface area contributed by atoms with Crippen molar-refractivity contribution in [3.05, 3.63) is 29.6 Å². The second-order valence-corrected chi connectivity index (χ2v) is 5.21. The van der Waals surface area contributed by atoms with Crippen LogP contribution in [0.25, 0.3) is 0 Å². The molecule has 102 valence electrons. The van der Waals surface area contributed by atoms with Gasteiger partial charge < -0.3 is 10.1 Å². The molecule has 1 N–H and O–H groups in total. The van der Waals surface area contributed by atoms with E-state index in [2.05, 4.69) is 26.1 Å². The second-order valence-electron chi connectivity index (χ2n) is 5.21. The Kier molecular flexibility index (Phi) is 6.13. The standard InChI is InChI=1S/C15H24FNO/c1-11(2)5-6-12(3)17-10-13-7-8-14(18-4)9-15(13)16/h7-9,11-12,17H,5-6,10H2,1-4H3. The molecule has 18 heavy (non-hydrogen) atoms. The van der Waals surface area contributed by atoms with E-state index in [4.69, 9.17) is 4.74 Å². The zero-order valence-corrected chi connectivity index (χ0v) is 11.8. The molecule has 0 spiro atoms. The van der Waals surface area contributed by atoms with Crippen LogP contribution in [-0.2, 0) is 6.54 Å². The highest BCUT2D eigenvalue weighted by Gasteiger charge is 2.07. The number of ether oxygens (including phenoxy) is 1. The zero-order chi connectivity index (χ0) is 13.5. The van der Waals surface area contributed by atoms with Crippen LogP contribution in [0.3, 0.4) is 0 Å². The molecule has 0 aromatic heterocycles. The van der Waals surface area contributed by atoms with E-state index in [-0.39, 0.29) is 5.82 Å². The Morgan fingerprint density at radius 2 is 1.94 bits per heavy atom. The fourth-order valence-corrected chi connectivity index (χ4v) is 1.77. The van der Waals surface area contributed by atoms with Gasteiger partial charge in [-0.25, -0.2) is 4.39 Å². The maximum Gasteiger partial charge on any atom is 0.131 e. The van der Waals surface area contributed by atoms with Gasteiger partial charge in [0.15, 0.2) is 0 Å². The molecule has 1 rings (SSSR count). The molecule has 1 atom stereocenters. The minimum Gasteiger partial charge on any atom is -0.497 e. The van der Waals surface area contributed by atoms with Gasteiger partial charge in [0.05, 0.1) is 7.11 Å². The molecular weight excluding hydrogens is 229 g/mol.